The monoisotopic (exact) mass is 129 g/mol. The molecule has 3 nitrogen and oxygen atoms in total. The lowest BCUT2D eigenvalue weighted by molar-refractivity contribution is 1.48. The summed E-state index contributed by atoms with van der Waals surface area (Å²) in [6.45, 7) is 0. The second-order valence-corrected chi connectivity index (χ2v) is 0. The molecule has 0 saturated carbocycles. The highest BCUT2D eigenvalue weighted by Gasteiger charge is 0.840. The summed E-state index contributed by atoms with van der Waals surface area (Å²) in [5, 5.41) is 0. The quantitative estimate of drug-likeness (QED) is 0.399. The van der Waals surface area contributed by atoms with Gasteiger partial charge in [0.05, 0.1) is 0 Å². The zero-order valence-corrected chi connectivity index (χ0v) is 5.96. The molecule has 0 radical (unpaired) electrons. The van der Waals surface area contributed by atoms with Gasteiger partial charge in [-0.05, 0) is 21.1 Å². The van der Waals surface area contributed by atoms with Crippen LogP contribution in [0.2, 0.25) is 0 Å². The molecule has 0 aliphatic rings. The van der Waals surface area contributed by atoms with Crippen molar-refractivity contribution in [2.45, 2.75) is 0 Å². The fourth-order valence-corrected chi connectivity index (χ4v) is 0. The SMILES string of the molecule is CN.CN.CN.Cl. The van der Waals surface area contributed by atoms with Crippen molar-refractivity contribution in [1.29, 1.82) is 0 Å². The van der Waals surface area contributed by atoms with Crippen LogP contribution in [-0.2, 0) is 0 Å². The second-order valence-electron chi connectivity index (χ2n) is 0. The Labute approximate surface area is 51.7 Å². The summed E-state index contributed by atoms with van der Waals surface area (Å²) in [6.07, 6.45) is 0. The van der Waals surface area contributed by atoms with Crippen molar-refractivity contribution in [2.24, 2.45) is 17.2 Å². The van der Waals surface area contributed by atoms with Crippen LogP contribution in [0.25, 0.3) is 0 Å². The molecule has 0 atom stereocenters. The molecule has 0 spiro atoms. The van der Waals surface area contributed by atoms with Gasteiger partial charge in [-0.15, -0.1) is 12.4 Å². The van der Waals surface area contributed by atoms with E-state index in [1.165, 1.54) is 21.1 Å². The van der Waals surface area contributed by atoms with Crippen molar-refractivity contribution >= 4 is 12.4 Å². The van der Waals surface area contributed by atoms with Gasteiger partial charge in [-0.1, -0.05) is 0 Å². The largest absolute Gasteiger partial charge is 0.333 e. The first-order valence-electron chi connectivity index (χ1n) is 1.73. The third kappa shape index (κ3) is 3710. The van der Waals surface area contributed by atoms with Gasteiger partial charge in [-0.2, -0.15) is 0 Å². The minimum atomic E-state index is 0. The molecule has 7 heavy (non-hydrogen) atoms. The molecule has 0 rings (SSSR count). The number of hydrogen-bond acceptors (Lipinski definition) is 3. The Kier molecular flexibility index (Phi) is 22100. The summed E-state index contributed by atoms with van der Waals surface area (Å²) < 4.78 is 0. The van der Waals surface area contributed by atoms with Crippen molar-refractivity contribution in [3.63, 3.8) is 0 Å². The van der Waals surface area contributed by atoms with Gasteiger partial charge < -0.3 is 17.2 Å². The van der Waals surface area contributed by atoms with E-state index in [9.17, 15) is 0 Å². The third-order valence-corrected chi connectivity index (χ3v) is 0. The van der Waals surface area contributed by atoms with Crippen molar-refractivity contribution in [3.8, 4) is 0 Å². The predicted octanol–water partition coefficient (Wildman–Crippen LogP) is -0.853. The first-order valence-corrected chi connectivity index (χ1v) is 1.73. The smallest absolute Gasteiger partial charge is 0.0195 e. The molecule has 0 amide bonds. The van der Waals surface area contributed by atoms with Gasteiger partial charge >= 0.3 is 0 Å². The van der Waals surface area contributed by atoms with Gasteiger partial charge in [0, 0.05) is 0 Å². The Morgan fingerprint density at radius 2 is 0.571 bits per heavy atom. The van der Waals surface area contributed by atoms with Crippen LogP contribution in [0.4, 0.5) is 0 Å². The molecule has 4 heteroatoms. The van der Waals surface area contributed by atoms with Gasteiger partial charge in [-0.25, -0.2) is 0 Å². The Hall–Kier alpha value is 0.170. The second kappa shape index (κ2) is 5710. The molecule has 0 aromatic carbocycles. The Morgan fingerprint density at radius 3 is 0.571 bits per heavy atom. The van der Waals surface area contributed by atoms with Crippen LogP contribution in [0.3, 0.4) is 0 Å². The molecule has 0 aromatic rings. The Balaban J connectivity index is -0.00000000900. The van der Waals surface area contributed by atoms with E-state index in [4.69, 9.17) is 0 Å². The van der Waals surface area contributed by atoms with E-state index in [0.717, 1.165) is 0 Å². The Bertz CT molecular complexity index is 10.1. The minimum Gasteiger partial charge on any atom is -0.333 e. The molecular weight excluding hydrogens is 114 g/mol. The molecular formula is C3H16ClN3. The highest BCUT2D eigenvalue weighted by molar-refractivity contribution is 5.85. The zero-order chi connectivity index (χ0) is 6.00. The molecule has 0 aliphatic heterocycles. The van der Waals surface area contributed by atoms with E-state index in [0.29, 0.717) is 0 Å². The molecule has 6 N–H and O–H groups in total. The minimum absolute atomic E-state index is 0. The molecule has 0 aliphatic carbocycles. The highest BCUT2D eigenvalue weighted by Crippen LogP contribution is 0.690. The van der Waals surface area contributed by atoms with Gasteiger partial charge in [0.2, 0.25) is 0 Å². The summed E-state index contributed by atoms with van der Waals surface area (Å²) in [4.78, 5) is 0. The molecule has 0 aromatic heterocycles. The maximum atomic E-state index is 4.50. The molecule has 0 heterocycles. The normalized spacial score (nSPS) is 2.57. The van der Waals surface area contributed by atoms with Crippen LogP contribution in [0.5, 0.6) is 0 Å². The molecule has 0 fully saturated rings. The maximum Gasteiger partial charge on any atom is -0.0195 e. The number of halogens is 1. The van der Waals surface area contributed by atoms with E-state index < -0.39 is 0 Å². The maximum absolute atomic E-state index is 4.50. The van der Waals surface area contributed by atoms with Crippen molar-refractivity contribution in [1.82, 2.24) is 0 Å². The van der Waals surface area contributed by atoms with E-state index in [1.54, 1.807) is 0 Å². The van der Waals surface area contributed by atoms with E-state index >= 15 is 0 Å². The number of rotatable bonds is 0. The fourth-order valence-electron chi connectivity index (χ4n) is 0. The first-order chi connectivity index (χ1) is 3.00. The van der Waals surface area contributed by atoms with Crippen LogP contribution in [-0.4, -0.2) is 21.1 Å². The van der Waals surface area contributed by atoms with Crippen LogP contribution in [0.1, 0.15) is 0 Å². The summed E-state index contributed by atoms with van der Waals surface area (Å²) in [6, 6.07) is 0. The first kappa shape index (κ1) is 27.2. The topological polar surface area (TPSA) is 78.1 Å². The molecule has 0 saturated heterocycles. The van der Waals surface area contributed by atoms with Crippen LogP contribution in [0.15, 0.2) is 0 Å². The number of nitrogens with two attached hydrogens (primary N) is 3. The van der Waals surface area contributed by atoms with Gasteiger partial charge in [0.1, 0.15) is 0 Å². The molecule has 50 valence electrons. The summed E-state index contributed by atoms with van der Waals surface area (Å²) in [5.41, 5.74) is 13.5. The lowest BCUT2D eigenvalue weighted by Gasteiger charge is -1.19. The van der Waals surface area contributed by atoms with Gasteiger partial charge in [0.25, 0.3) is 0 Å². The Morgan fingerprint density at radius 1 is 0.571 bits per heavy atom. The lowest BCUT2D eigenvalue weighted by Crippen LogP contribution is -1.69. The van der Waals surface area contributed by atoms with E-state index in [1.807, 2.05) is 0 Å². The van der Waals surface area contributed by atoms with Crippen molar-refractivity contribution in [2.75, 3.05) is 21.1 Å². The third-order valence-electron chi connectivity index (χ3n) is 0. The standard InChI is InChI=1S/3CH5N.ClH/c3*1-2;/h3*2H2,1H3;1H. The lowest BCUT2D eigenvalue weighted by atomic mass is 11.6. The van der Waals surface area contributed by atoms with Crippen molar-refractivity contribution < 1.29 is 0 Å². The van der Waals surface area contributed by atoms with E-state index in [-0.39, 0.29) is 12.4 Å². The van der Waals surface area contributed by atoms with Crippen LogP contribution >= 0.6 is 12.4 Å². The average Bonchev–Trinajstić information content (AvgIpc) is 1.81. The fraction of sp³-hybridized carbons (Fsp3) is 1.00. The zero-order valence-electron chi connectivity index (χ0n) is 5.14. The highest BCUT2D eigenvalue weighted by atomic mass is 35.5. The average molecular weight is 130 g/mol. The molecule has 0 bridgehead atoms. The van der Waals surface area contributed by atoms with Gasteiger partial charge in [0.15, 0.2) is 0 Å². The van der Waals surface area contributed by atoms with Gasteiger partial charge in [-0.3, -0.25) is 0 Å². The molecule has 0 unspecified atom stereocenters. The van der Waals surface area contributed by atoms with Crippen LogP contribution < -0.4 is 17.2 Å². The van der Waals surface area contributed by atoms with Crippen LogP contribution in [0, 0.1) is 0 Å². The van der Waals surface area contributed by atoms with Crippen molar-refractivity contribution in [3.05, 3.63) is 0 Å². The summed E-state index contributed by atoms with van der Waals surface area (Å²) in [5.74, 6) is 0. The predicted molar refractivity (Wildman–Crippen MR) is 37.6 cm³/mol. The summed E-state index contributed by atoms with van der Waals surface area (Å²) in [7, 11) is 4.50. The number of hydrogen-bond donors (Lipinski definition) is 3. The van der Waals surface area contributed by atoms with E-state index in [2.05, 4.69) is 17.2 Å². The summed E-state index contributed by atoms with van der Waals surface area (Å²) >= 11 is 0.